The zero-order chi connectivity index (χ0) is 12.9. The van der Waals surface area contributed by atoms with E-state index in [1.54, 1.807) is 6.07 Å². The Kier molecular flexibility index (Phi) is 2.47. The van der Waals surface area contributed by atoms with E-state index >= 15 is 0 Å². The van der Waals surface area contributed by atoms with Gasteiger partial charge in [-0.25, -0.2) is 4.79 Å². The van der Waals surface area contributed by atoms with Crippen molar-refractivity contribution in [1.82, 2.24) is 0 Å². The number of nitrogens with two attached hydrogens (primary N) is 1. The Morgan fingerprint density at radius 1 is 1.44 bits per heavy atom. The van der Waals surface area contributed by atoms with Gasteiger partial charge in [0.25, 0.3) is 0 Å². The molecule has 3 N–H and O–H groups in total. The first-order valence-corrected chi connectivity index (χ1v) is 6.46. The zero-order valence-corrected chi connectivity index (χ0v) is 10.5. The number of nitrogens with zero attached hydrogens (tertiary/aromatic N) is 1. The lowest BCUT2D eigenvalue weighted by molar-refractivity contribution is 0.0698. The van der Waals surface area contributed by atoms with E-state index < -0.39 is 5.97 Å². The normalized spacial score (nSPS) is 25.7. The molecule has 1 heterocycles. The first-order valence-electron chi connectivity index (χ1n) is 6.46. The number of hydrogen-bond donors (Lipinski definition) is 2. The van der Waals surface area contributed by atoms with E-state index in [-0.39, 0.29) is 5.56 Å². The van der Waals surface area contributed by atoms with Crippen molar-refractivity contribution in [3.8, 4) is 0 Å². The Morgan fingerprint density at radius 2 is 2.22 bits per heavy atom. The SMILES string of the molecule is Cc1cc(N2CC3CCC2C3)cc(C(=O)O)c1N. The van der Waals surface area contributed by atoms with E-state index in [0.717, 1.165) is 23.7 Å². The Hall–Kier alpha value is -1.71. The molecule has 2 unspecified atom stereocenters. The van der Waals surface area contributed by atoms with Crippen LogP contribution in [-0.2, 0) is 0 Å². The number of piperidine rings is 1. The van der Waals surface area contributed by atoms with Gasteiger partial charge < -0.3 is 15.7 Å². The summed E-state index contributed by atoms with van der Waals surface area (Å²) in [6.07, 6.45) is 3.81. The van der Waals surface area contributed by atoms with Gasteiger partial charge in [-0.15, -0.1) is 0 Å². The average molecular weight is 246 g/mol. The van der Waals surface area contributed by atoms with Crippen LogP contribution in [0.15, 0.2) is 12.1 Å². The highest BCUT2D eigenvalue weighted by Gasteiger charge is 2.38. The molecule has 1 aliphatic carbocycles. The highest BCUT2D eigenvalue weighted by atomic mass is 16.4. The van der Waals surface area contributed by atoms with Gasteiger partial charge in [-0.1, -0.05) is 0 Å². The van der Waals surface area contributed by atoms with Crippen LogP contribution in [0.25, 0.3) is 0 Å². The molecular formula is C14H18N2O2. The van der Waals surface area contributed by atoms with Crippen molar-refractivity contribution in [2.75, 3.05) is 17.2 Å². The van der Waals surface area contributed by atoms with E-state index in [1.807, 2.05) is 13.0 Å². The number of benzene rings is 1. The fourth-order valence-electron chi connectivity index (χ4n) is 3.36. The highest BCUT2D eigenvalue weighted by molar-refractivity contribution is 5.95. The van der Waals surface area contributed by atoms with Gasteiger partial charge in [0.05, 0.1) is 5.56 Å². The van der Waals surface area contributed by atoms with Gasteiger partial charge in [-0.05, 0) is 49.8 Å². The predicted molar refractivity (Wildman–Crippen MR) is 71.0 cm³/mol. The minimum absolute atomic E-state index is 0.229. The number of anilines is 2. The first-order chi connectivity index (χ1) is 8.56. The molecule has 1 saturated heterocycles. The third-order valence-corrected chi connectivity index (χ3v) is 4.34. The summed E-state index contributed by atoms with van der Waals surface area (Å²) in [5.41, 5.74) is 8.32. The minimum Gasteiger partial charge on any atom is -0.478 e. The topological polar surface area (TPSA) is 66.6 Å². The molecule has 0 amide bonds. The lowest BCUT2D eigenvalue weighted by atomic mass is 10.0. The summed E-state index contributed by atoms with van der Waals surface area (Å²) in [4.78, 5) is 13.6. The lowest BCUT2D eigenvalue weighted by Gasteiger charge is -2.30. The highest BCUT2D eigenvalue weighted by Crippen LogP contribution is 2.41. The molecule has 1 aromatic rings. The van der Waals surface area contributed by atoms with Crippen LogP contribution in [-0.4, -0.2) is 23.7 Å². The monoisotopic (exact) mass is 246 g/mol. The van der Waals surface area contributed by atoms with Gasteiger partial charge in [0.15, 0.2) is 0 Å². The van der Waals surface area contributed by atoms with Crippen molar-refractivity contribution >= 4 is 17.3 Å². The van der Waals surface area contributed by atoms with Gasteiger partial charge in [0.2, 0.25) is 0 Å². The second-order valence-corrected chi connectivity index (χ2v) is 5.51. The number of fused-ring (bicyclic) bond motifs is 2. The largest absolute Gasteiger partial charge is 0.478 e. The molecule has 1 saturated carbocycles. The molecule has 1 aliphatic heterocycles. The molecule has 3 rings (SSSR count). The Labute approximate surface area is 106 Å². The molecule has 2 atom stereocenters. The van der Waals surface area contributed by atoms with Gasteiger partial charge in [-0.3, -0.25) is 0 Å². The maximum absolute atomic E-state index is 11.2. The zero-order valence-electron chi connectivity index (χ0n) is 10.5. The number of aromatic carboxylic acids is 1. The fourth-order valence-corrected chi connectivity index (χ4v) is 3.36. The van der Waals surface area contributed by atoms with E-state index in [2.05, 4.69) is 4.90 Å². The molecule has 96 valence electrons. The number of rotatable bonds is 2. The van der Waals surface area contributed by atoms with Crippen LogP contribution in [0.2, 0.25) is 0 Å². The van der Waals surface area contributed by atoms with E-state index in [1.165, 1.54) is 19.3 Å². The number of hydrogen-bond acceptors (Lipinski definition) is 3. The summed E-state index contributed by atoms with van der Waals surface area (Å²) in [7, 11) is 0. The van der Waals surface area contributed by atoms with Crippen LogP contribution in [0.1, 0.15) is 35.2 Å². The standard InChI is InChI=1S/C14H18N2O2/c1-8-4-11(6-12(13(8)15)14(17)18)16-7-9-2-3-10(16)5-9/h4,6,9-10H,2-3,5,7,15H2,1H3,(H,17,18). The minimum atomic E-state index is -0.943. The van der Waals surface area contributed by atoms with Crippen LogP contribution >= 0.6 is 0 Å². The first kappa shape index (κ1) is 11.4. The van der Waals surface area contributed by atoms with E-state index in [9.17, 15) is 9.90 Å². The number of carboxylic acids is 1. The van der Waals surface area contributed by atoms with Gasteiger partial charge in [0.1, 0.15) is 0 Å². The van der Waals surface area contributed by atoms with Crippen LogP contribution in [0.3, 0.4) is 0 Å². The molecule has 2 aliphatic rings. The lowest BCUT2D eigenvalue weighted by Crippen LogP contribution is -2.32. The van der Waals surface area contributed by atoms with Gasteiger partial charge in [0, 0.05) is 24.0 Å². The fraction of sp³-hybridized carbons (Fsp3) is 0.500. The third-order valence-electron chi connectivity index (χ3n) is 4.34. The van der Waals surface area contributed by atoms with Crippen molar-refractivity contribution in [1.29, 1.82) is 0 Å². The Morgan fingerprint density at radius 3 is 2.78 bits per heavy atom. The number of carbonyl (C=O) groups is 1. The summed E-state index contributed by atoms with van der Waals surface area (Å²) < 4.78 is 0. The molecule has 18 heavy (non-hydrogen) atoms. The second kappa shape index (κ2) is 3.90. The molecule has 4 nitrogen and oxygen atoms in total. The number of nitrogen functional groups attached to an aromatic ring is 1. The third kappa shape index (κ3) is 1.64. The Bertz CT molecular complexity index is 513. The molecule has 2 bridgehead atoms. The molecular weight excluding hydrogens is 228 g/mol. The van der Waals surface area contributed by atoms with Crippen molar-refractivity contribution in [2.24, 2.45) is 5.92 Å². The summed E-state index contributed by atoms with van der Waals surface area (Å²) >= 11 is 0. The van der Waals surface area contributed by atoms with Crippen molar-refractivity contribution in [3.05, 3.63) is 23.3 Å². The van der Waals surface area contributed by atoms with Crippen molar-refractivity contribution in [2.45, 2.75) is 32.2 Å². The smallest absolute Gasteiger partial charge is 0.337 e. The number of carboxylic acid groups (broad SMARTS) is 1. The molecule has 1 aromatic carbocycles. The predicted octanol–water partition coefficient (Wildman–Crippen LogP) is 2.26. The number of aryl methyl sites for hydroxylation is 1. The maximum Gasteiger partial charge on any atom is 0.337 e. The maximum atomic E-state index is 11.2. The Balaban J connectivity index is 2.00. The van der Waals surface area contributed by atoms with Gasteiger partial charge in [-0.2, -0.15) is 0 Å². The van der Waals surface area contributed by atoms with Crippen LogP contribution in [0, 0.1) is 12.8 Å². The van der Waals surface area contributed by atoms with Crippen LogP contribution in [0.4, 0.5) is 11.4 Å². The van der Waals surface area contributed by atoms with Crippen LogP contribution < -0.4 is 10.6 Å². The van der Waals surface area contributed by atoms with E-state index in [4.69, 9.17) is 5.73 Å². The second-order valence-electron chi connectivity index (χ2n) is 5.51. The van der Waals surface area contributed by atoms with Gasteiger partial charge >= 0.3 is 5.97 Å². The molecule has 2 fully saturated rings. The molecule has 4 heteroatoms. The summed E-state index contributed by atoms with van der Waals surface area (Å²) in [6.45, 7) is 2.94. The van der Waals surface area contributed by atoms with Crippen LogP contribution in [0.5, 0.6) is 0 Å². The summed E-state index contributed by atoms with van der Waals surface area (Å²) in [6, 6.07) is 4.34. The molecule has 0 aromatic heterocycles. The van der Waals surface area contributed by atoms with E-state index in [0.29, 0.717) is 11.7 Å². The average Bonchev–Trinajstić information content (AvgIpc) is 2.94. The quantitative estimate of drug-likeness (QED) is 0.785. The molecule has 0 radical (unpaired) electrons. The molecule has 0 spiro atoms. The van der Waals surface area contributed by atoms with Crippen molar-refractivity contribution < 1.29 is 9.90 Å². The van der Waals surface area contributed by atoms with Crippen molar-refractivity contribution in [3.63, 3.8) is 0 Å². The summed E-state index contributed by atoms with van der Waals surface area (Å²) in [5.74, 6) is -0.150. The summed E-state index contributed by atoms with van der Waals surface area (Å²) in [5, 5.41) is 9.19.